The highest BCUT2D eigenvalue weighted by Gasteiger charge is 2.12. The number of para-hydroxylation sites is 1. The van der Waals surface area contributed by atoms with E-state index in [2.05, 4.69) is 32.5 Å². The van der Waals surface area contributed by atoms with Crippen LogP contribution >= 0.6 is 34.4 Å². The number of carbonyl (C=O) groups excluding carboxylic acids is 1. The standard InChI is InChI=1S/C19H20N4OS3/c24-17(13-25-19-21-15-6-2-3-7-16(15)27-19)22-20-12-14-8-9-18(26-14)23-10-4-1-5-11-23/h2-3,6-9,12H,1,4-5,10-11,13H2,(H,22,24)/b20-12-. The first-order valence-electron chi connectivity index (χ1n) is 8.93. The van der Waals surface area contributed by atoms with Crippen molar-refractivity contribution in [2.75, 3.05) is 23.7 Å². The summed E-state index contributed by atoms with van der Waals surface area (Å²) in [6.45, 7) is 2.27. The van der Waals surface area contributed by atoms with Gasteiger partial charge in [0.2, 0.25) is 0 Å². The number of carbonyl (C=O) groups is 1. The Balaban J connectivity index is 1.25. The van der Waals surface area contributed by atoms with Crippen molar-refractivity contribution in [3.05, 3.63) is 41.3 Å². The monoisotopic (exact) mass is 416 g/mol. The number of piperidine rings is 1. The van der Waals surface area contributed by atoms with Crippen molar-refractivity contribution in [3.63, 3.8) is 0 Å². The number of rotatable bonds is 6. The van der Waals surface area contributed by atoms with Gasteiger partial charge in [-0.3, -0.25) is 4.79 Å². The Morgan fingerprint density at radius 1 is 1.19 bits per heavy atom. The molecule has 27 heavy (non-hydrogen) atoms. The van der Waals surface area contributed by atoms with Crippen molar-refractivity contribution in [2.24, 2.45) is 5.10 Å². The van der Waals surface area contributed by atoms with E-state index >= 15 is 0 Å². The molecule has 0 atom stereocenters. The first-order chi connectivity index (χ1) is 13.3. The molecule has 2 aromatic heterocycles. The van der Waals surface area contributed by atoms with Crippen LogP contribution in [0, 0.1) is 0 Å². The number of benzene rings is 1. The Labute approximate surface area is 170 Å². The number of nitrogens with one attached hydrogen (secondary N) is 1. The Morgan fingerprint density at radius 2 is 2.04 bits per heavy atom. The van der Waals surface area contributed by atoms with Crippen molar-refractivity contribution in [1.29, 1.82) is 0 Å². The molecule has 1 saturated heterocycles. The molecular formula is C19H20N4OS3. The number of fused-ring (bicyclic) bond motifs is 1. The number of hydrogen-bond acceptors (Lipinski definition) is 7. The summed E-state index contributed by atoms with van der Waals surface area (Å²) in [4.78, 5) is 20.0. The van der Waals surface area contributed by atoms with Gasteiger partial charge in [0.1, 0.15) is 0 Å². The predicted molar refractivity (Wildman–Crippen MR) is 116 cm³/mol. The maximum absolute atomic E-state index is 12.0. The van der Waals surface area contributed by atoms with Crippen LogP contribution in [0.1, 0.15) is 24.1 Å². The summed E-state index contributed by atoms with van der Waals surface area (Å²) in [5, 5.41) is 5.38. The number of thiazole rings is 1. The first kappa shape index (κ1) is 18.5. The zero-order chi connectivity index (χ0) is 18.5. The third-order valence-corrected chi connectivity index (χ3v) is 7.52. The van der Waals surface area contributed by atoms with Crippen molar-refractivity contribution < 1.29 is 4.79 Å². The summed E-state index contributed by atoms with van der Waals surface area (Å²) in [6.07, 6.45) is 5.59. The van der Waals surface area contributed by atoms with Crippen LogP contribution in [-0.2, 0) is 4.79 Å². The molecule has 1 amide bonds. The number of amides is 1. The van der Waals surface area contributed by atoms with E-state index < -0.39 is 0 Å². The molecule has 1 aliphatic heterocycles. The van der Waals surface area contributed by atoms with Gasteiger partial charge >= 0.3 is 0 Å². The number of aromatic nitrogens is 1. The van der Waals surface area contributed by atoms with E-state index in [0.29, 0.717) is 5.75 Å². The predicted octanol–water partition coefficient (Wildman–Crippen LogP) is 4.59. The molecule has 1 aliphatic rings. The van der Waals surface area contributed by atoms with Crippen molar-refractivity contribution in [1.82, 2.24) is 10.4 Å². The lowest BCUT2D eigenvalue weighted by Gasteiger charge is -2.27. The topological polar surface area (TPSA) is 57.6 Å². The van der Waals surface area contributed by atoms with E-state index in [-0.39, 0.29) is 5.91 Å². The van der Waals surface area contributed by atoms with Crippen LogP contribution in [0.25, 0.3) is 10.2 Å². The zero-order valence-electron chi connectivity index (χ0n) is 14.8. The van der Waals surface area contributed by atoms with E-state index in [4.69, 9.17) is 0 Å². The van der Waals surface area contributed by atoms with Crippen LogP contribution < -0.4 is 10.3 Å². The van der Waals surface area contributed by atoms with Crippen LogP contribution in [0.4, 0.5) is 5.00 Å². The minimum Gasteiger partial charge on any atom is -0.363 e. The maximum Gasteiger partial charge on any atom is 0.250 e. The van der Waals surface area contributed by atoms with Gasteiger partial charge in [-0.25, -0.2) is 10.4 Å². The number of thioether (sulfide) groups is 1. The van der Waals surface area contributed by atoms with Gasteiger partial charge in [0, 0.05) is 18.0 Å². The molecule has 3 heterocycles. The van der Waals surface area contributed by atoms with Gasteiger partial charge in [-0.1, -0.05) is 23.9 Å². The molecule has 5 nitrogen and oxygen atoms in total. The van der Waals surface area contributed by atoms with Gasteiger partial charge in [-0.2, -0.15) is 5.10 Å². The minimum atomic E-state index is -0.122. The lowest BCUT2D eigenvalue weighted by Crippen LogP contribution is -2.28. The second-order valence-corrected chi connectivity index (χ2v) is 9.60. The molecule has 1 aromatic carbocycles. The molecule has 0 saturated carbocycles. The maximum atomic E-state index is 12.0. The van der Waals surface area contributed by atoms with Crippen LogP contribution in [0.3, 0.4) is 0 Å². The number of hydrazone groups is 1. The molecule has 0 spiro atoms. The van der Waals surface area contributed by atoms with Crippen molar-refractivity contribution >= 4 is 61.8 Å². The fourth-order valence-corrected chi connectivity index (χ4v) is 5.73. The average molecular weight is 417 g/mol. The largest absolute Gasteiger partial charge is 0.363 e. The molecule has 8 heteroatoms. The highest BCUT2D eigenvalue weighted by Crippen LogP contribution is 2.29. The molecule has 140 valence electrons. The Hall–Kier alpha value is -1.90. The van der Waals surface area contributed by atoms with Crippen LogP contribution in [-0.4, -0.2) is 35.9 Å². The number of nitrogens with zero attached hydrogens (tertiary/aromatic N) is 3. The molecule has 0 bridgehead atoms. The molecule has 1 N–H and O–H groups in total. The van der Waals surface area contributed by atoms with Crippen LogP contribution in [0.5, 0.6) is 0 Å². The molecule has 0 aliphatic carbocycles. The van der Waals surface area contributed by atoms with Gasteiger partial charge in [0.25, 0.3) is 5.91 Å². The Bertz CT molecular complexity index is 910. The summed E-state index contributed by atoms with van der Waals surface area (Å²) in [7, 11) is 0. The molecular weight excluding hydrogens is 396 g/mol. The Morgan fingerprint density at radius 3 is 2.89 bits per heavy atom. The highest BCUT2D eigenvalue weighted by atomic mass is 32.2. The van der Waals surface area contributed by atoms with Crippen molar-refractivity contribution in [2.45, 2.75) is 23.6 Å². The average Bonchev–Trinajstić information content (AvgIpc) is 3.34. The second-order valence-electron chi connectivity index (χ2n) is 6.25. The molecule has 3 aromatic rings. The number of thiophene rings is 1. The van der Waals surface area contributed by atoms with E-state index in [1.165, 1.54) is 36.0 Å². The van der Waals surface area contributed by atoms with Gasteiger partial charge in [-0.15, -0.1) is 22.7 Å². The van der Waals surface area contributed by atoms with Gasteiger partial charge < -0.3 is 4.90 Å². The summed E-state index contributed by atoms with van der Waals surface area (Å²) < 4.78 is 2.04. The van der Waals surface area contributed by atoms with Gasteiger partial charge in [0.15, 0.2) is 4.34 Å². The normalized spacial score (nSPS) is 14.9. The van der Waals surface area contributed by atoms with E-state index in [9.17, 15) is 4.79 Å². The third-order valence-electron chi connectivity index (χ3n) is 4.26. The summed E-state index contributed by atoms with van der Waals surface area (Å²) >= 11 is 4.76. The van der Waals surface area contributed by atoms with E-state index in [1.54, 1.807) is 28.9 Å². The zero-order valence-corrected chi connectivity index (χ0v) is 17.2. The quantitative estimate of drug-likeness (QED) is 0.363. The lowest BCUT2D eigenvalue weighted by molar-refractivity contribution is -0.118. The summed E-state index contributed by atoms with van der Waals surface area (Å²) in [5.74, 6) is 0.184. The third kappa shape index (κ3) is 4.88. The van der Waals surface area contributed by atoms with Gasteiger partial charge in [-0.05, 0) is 43.5 Å². The van der Waals surface area contributed by atoms with Crippen LogP contribution in [0.15, 0.2) is 45.8 Å². The fraction of sp³-hybridized carbons (Fsp3) is 0.316. The SMILES string of the molecule is O=C(CSc1nc2ccccc2s1)N/N=C\c1ccc(N2CCCCC2)s1. The second kappa shape index (κ2) is 8.86. The first-order valence-corrected chi connectivity index (χ1v) is 11.5. The Kier molecular flexibility index (Phi) is 6.06. The highest BCUT2D eigenvalue weighted by molar-refractivity contribution is 8.01. The molecule has 1 fully saturated rings. The van der Waals surface area contributed by atoms with Crippen molar-refractivity contribution in [3.8, 4) is 0 Å². The number of anilines is 1. The van der Waals surface area contributed by atoms with E-state index in [0.717, 1.165) is 32.5 Å². The smallest absolute Gasteiger partial charge is 0.250 e. The fourth-order valence-electron chi connectivity index (χ4n) is 2.94. The lowest BCUT2D eigenvalue weighted by atomic mass is 10.1. The van der Waals surface area contributed by atoms with Gasteiger partial charge in [0.05, 0.1) is 27.2 Å². The summed E-state index contributed by atoms with van der Waals surface area (Å²) in [5.41, 5.74) is 3.58. The molecule has 0 unspecified atom stereocenters. The molecule has 0 radical (unpaired) electrons. The molecule has 4 rings (SSSR count). The number of hydrogen-bond donors (Lipinski definition) is 1. The minimum absolute atomic E-state index is 0.122. The van der Waals surface area contributed by atoms with E-state index in [1.807, 2.05) is 24.3 Å². The summed E-state index contributed by atoms with van der Waals surface area (Å²) in [6, 6.07) is 12.2. The van der Waals surface area contributed by atoms with Crippen LogP contribution in [0.2, 0.25) is 0 Å².